The van der Waals surface area contributed by atoms with Gasteiger partial charge in [0.25, 0.3) is 0 Å². The molecule has 0 N–H and O–H groups in total. The highest BCUT2D eigenvalue weighted by Crippen LogP contribution is 2.33. The average Bonchev–Trinajstić information content (AvgIpc) is 2.83. The SMILES string of the molecule is N#Cc1cccc(C(=O)CSc2ccc(-c3ccc(C4CCCCC4)cc3)nn2)c1. The molecule has 0 atom stereocenters. The van der Waals surface area contributed by atoms with Crippen molar-refractivity contribution in [2.24, 2.45) is 0 Å². The number of benzene rings is 2. The molecule has 30 heavy (non-hydrogen) atoms. The fourth-order valence-electron chi connectivity index (χ4n) is 3.90. The molecule has 1 aliphatic rings. The first kappa shape index (κ1) is 20.3. The normalized spacial score (nSPS) is 14.2. The van der Waals surface area contributed by atoms with Crippen LogP contribution in [-0.4, -0.2) is 21.7 Å². The molecule has 1 fully saturated rings. The van der Waals surface area contributed by atoms with Crippen LogP contribution in [0.2, 0.25) is 0 Å². The van der Waals surface area contributed by atoms with Gasteiger partial charge < -0.3 is 0 Å². The van der Waals surface area contributed by atoms with Crippen molar-refractivity contribution < 1.29 is 4.79 Å². The third kappa shape index (κ3) is 4.95. The maximum Gasteiger partial charge on any atom is 0.173 e. The second-order valence-corrected chi connectivity index (χ2v) is 8.61. The van der Waals surface area contributed by atoms with E-state index in [1.54, 1.807) is 24.3 Å². The number of ketones is 1. The van der Waals surface area contributed by atoms with Crippen molar-refractivity contribution in [1.29, 1.82) is 5.26 Å². The van der Waals surface area contributed by atoms with Gasteiger partial charge in [-0.2, -0.15) is 5.26 Å². The molecule has 1 aliphatic carbocycles. The molecule has 0 saturated heterocycles. The lowest BCUT2D eigenvalue weighted by Crippen LogP contribution is -2.04. The van der Waals surface area contributed by atoms with Gasteiger partial charge in [0.1, 0.15) is 5.03 Å². The van der Waals surface area contributed by atoms with Crippen molar-refractivity contribution >= 4 is 17.5 Å². The molecule has 3 aromatic rings. The zero-order valence-electron chi connectivity index (χ0n) is 16.8. The minimum Gasteiger partial charge on any atom is -0.293 e. The van der Waals surface area contributed by atoms with Gasteiger partial charge in [0, 0.05) is 11.1 Å². The summed E-state index contributed by atoms with van der Waals surface area (Å²) in [5.41, 5.74) is 4.36. The highest BCUT2D eigenvalue weighted by atomic mass is 32.2. The number of rotatable bonds is 6. The quantitative estimate of drug-likeness (QED) is 0.364. The monoisotopic (exact) mass is 413 g/mol. The summed E-state index contributed by atoms with van der Waals surface area (Å²) in [4.78, 5) is 12.4. The van der Waals surface area contributed by atoms with Gasteiger partial charge in [0.05, 0.1) is 23.1 Å². The zero-order chi connectivity index (χ0) is 20.8. The molecular weight excluding hydrogens is 390 g/mol. The fourth-order valence-corrected chi connectivity index (χ4v) is 4.61. The standard InChI is InChI=1S/C25H23N3OS/c26-16-18-5-4-8-22(15-18)24(29)17-30-25-14-13-23(27-28-25)21-11-9-20(10-12-21)19-6-2-1-3-7-19/h4-5,8-15,19H,1-3,6-7,17H2. The molecule has 0 spiro atoms. The van der Waals surface area contributed by atoms with Crippen molar-refractivity contribution in [3.8, 4) is 17.3 Å². The Hall–Kier alpha value is -2.97. The second-order valence-electron chi connectivity index (χ2n) is 7.62. The first-order valence-electron chi connectivity index (χ1n) is 10.3. The van der Waals surface area contributed by atoms with Crippen LogP contribution in [0.15, 0.2) is 65.7 Å². The van der Waals surface area contributed by atoms with Crippen molar-refractivity contribution in [3.63, 3.8) is 0 Å². The average molecular weight is 414 g/mol. The number of thioether (sulfide) groups is 1. The van der Waals surface area contributed by atoms with Gasteiger partial charge >= 0.3 is 0 Å². The summed E-state index contributed by atoms with van der Waals surface area (Å²) in [5.74, 6) is 0.934. The van der Waals surface area contributed by atoms with Crippen molar-refractivity contribution in [3.05, 3.63) is 77.4 Å². The summed E-state index contributed by atoms with van der Waals surface area (Å²) in [6.45, 7) is 0. The van der Waals surface area contributed by atoms with E-state index < -0.39 is 0 Å². The Morgan fingerprint density at radius 2 is 1.80 bits per heavy atom. The molecule has 1 heterocycles. The minimum atomic E-state index is -0.0266. The predicted molar refractivity (Wildman–Crippen MR) is 120 cm³/mol. The van der Waals surface area contributed by atoms with E-state index in [0.717, 1.165) is 11.3 Å². The zero-order valence-corrected chi connectivity index (χ0v) is 17.6. The molecule has 5 heteroatoms. The number of nitrogens with zero attached hydrogens (tertiary/aromatic N) is 3. The van der Waals surface area contributed by atoms with Crippen LogP contribution in [0.4, 0.5) is 0 Å². The van der Waals surface area contributed by atoms with Gasteiger partial charge in [-0.3, -0.25) is 4.79 Å². The van der Waals surface area contributed by atoms with Gasteiger partial charge in [-0.05, 0) is 48.6 Å². The molecular formula is C25H23N3OS. The summed E-state index contributed by atoms with van der Waals surface area (Å²) >= 11 is 1.36. The van der Waals surface area contributed by atoms with E-state index in [2.05, 4.69) is 40.5 Å². The van der Waals surface area contributed by atoms with Crippen molar-refractivity contribution in [1.82, 2.24) is 10.2 Å². The molecule has 1 aromatic heterocycles. The van der Waals surface area contributed by atoms with Crippen LogP contribution in [0.3, 0.4) is 0 Å². The van der Waals surface area contributed by atoms with E-state index in [9.17, 15) is 4.79 Å². The van der Waals surface area contributed by atoms with E-state index in [0.29, 0.717) is 22.1 Å². The van der Waals surface area contributed by atoms with Gasteiger partial charge in [-0.1, -0.05) is 67.4 Å². The van der Waals surface area contributed by atoms with E-state index in [-0.39, 0.29) is 11.5 Å². The summed E-state index contributed by atoms with van der Waals surface area (Å²) in [6, 6.07) is 21.4. The van der Waals surface area contributed by atoms with Crippen molar-refractivity contribution in [2.75, 3.05) is 5.75 Å². The highest BCUT2D eigenvalue weighted by Gasteiger charge is 2.15. The molecule has 1 saturated carbocycles. The van der Waals surface area contributed by atoms with Gasteiger partial charge in [-0.15, -0.1) is 10.2 Å². The van der Waals surface area contributed by atoms with Gasteiger partial charge in [0.2, 0.25) is 0 Å². The molecule has 4 rings (SSSR count). The summed E-state index contributed by atoms with van der Waals surface area (Å²) in [6.07, 6.45) is 6.63. The molecule has 0 unspecified atom stereocenters. The largest absolute Gasteiger partial charge is 0.293 e. The fraction of sp³-hybridized carbons (Fsp3) is 0.280. The van der Waals surface area contributed by atoms with E-state index >= 15 is 0 Å². The Balaban J connectivity index is 1.36. The van der Waals surface area contributed by atoms with Crippen LogP contribution in [0, 0.1) is 11.3 Å². The van der Waals surface area contributed by atoms with Crippen LogP contribution in [0.25, 0.3) is 11.3 Å². The Bertz CT molecular complexity index is 1050. The summed E-state index contributed by atoms with van der Waals surface area (Å²) < 4.78 is 0. The number of Topliss-reactive ketones (excluding diaryl/α,β-unsaturated/α-hetero) is 1. The van der Waals surface area contributed by atoms with E-state index in [4.69, 9.17) is 5.26 Å². The lowest BCUT2D eigenvalue weighted by molar-refractivity contribution is 0.102. The smallest absolute Gasteiger partial charge is 0.173 e. The predicted octanol–water partition coefficient (Wildman–Crippen LogP) is 6.04. The third-order valence-electron chi connectivity index (χ3n) is 5.59. The van der Waals surface area contributed by atoms with Crippen LogP contribution in [0.1, 0.15) is 59.5 Å². The van der Waals surface area contributed by atoms with Crippen LogP contribution in [0.5, 0.6) is 0 Å². The molecule has 0 bridgehead atoms. The van der Waals surface area contributed by atoms with Gasteiger partial charge in [0.15, 0.2) is 5.78 Å². The Morgan fingerprint density at radius 3 is 2.50 bits per heavy atom. The molecule has 0 amide bonds. The van der Waals surface area contributed by atoms with E-state index in [1.807, 2.05) is 12.1 Å². The van der Waals surface area contributed by atoms with Crippen LogP contribution < -0.4 is 0 Å². The summed E-state index contributed by atoms with van der Waals surface area (Å²) in [7, 11) is 0. The maximum atomic E-state index is 12.4. The number of hydrogen-bond acceptors (Lipinski definition) is 5. The Labute approximate surface area is 181 Å². The van der Waals surface area contributed by atoms with Crippen LogP contribution >= 0.6 is 11.8 Å². The second kappa shape index (κ2) is 9.69. The number of aromatic nitrogens is 2. The van der Waals surface area contributed by atoms with Crippen LogP contribution in [-0.2, 0) is 0 Å². The number of hydrogen-bond donors (Lipinski definition) is 0. The first-order chi connectivity index (χ1) is 14.7. The number of carbonyl (C=O) groups excluding carboxylic acids is 1. The molecule has 2 aromatic carbocycles. The van der Waals surface area contributed by atoms with Gasteiger partial charge in [-0.25, -0.2) is 0 Å². The summed E-state index contributed by atoms with van der Waals surface area (Å²) in [5, 5.41) is 18.3. The first-order valence-corrected chi connectivity index (χ1v) is 11.3. The molecule has 0 radical (unpaired) electrons. The minimum absolute atomic E-state index is 0.0266. The Kier molecular flexibility index (Phi) is 6.56. The van der Waals surface area contributed by atoms with E-state index in [1.165, 1.54) is 49.4 Å². The molecule has 4 nitrogen and oxygen atoms in total. The topological polar surface area (TPSA) is 66.6 Å². The Morgan fingerprint density at radius 1 is 1.00 bits per heavy atom. The lowest BCUT2D eigenvalue weighted by atomic mass is 9.84. The van der Waals surface area contributed by atoms with Crippen molar-refractivity contribution in [2.45, 2.75) is 43.0 Å². The highest BCUT2D eigenvalue weighted by molar-refractivity contribution is 7.99. The maximum absolute atomic E-state index is 12.4. The third-order valence-corrected chi connectivity index (χ3v) is 6.51. The number of carbonyl (C=O) groups is 1. The lowest BCUT2D eigenvalue weighted by Gasteiger charge is -2.22. The molecule has 0 aliphatic heterocycles. The molecule has 150 valence electrons. The number of nitriles is 1.